The molecule has 1 unspecified atom stereocenters. The van der Waals surface area contributed by atoms with Gasteiger partial charge in [0.1, 0.15) is 0 Å². The van der Waals surface area contributed by atoms with Gasteiger partial charge in [0.15, 0.2) is 0 Å². The zero-order valence-electron chi connectivity index (χ0n) is 10.3. The van der Waals surface area contributed by atoms with E-state index in [0.29, 0.717) is 5.41 Å². The molecule has 1 saturated carbocycles. The fourth-order valence-electron chi connectivity index (χ4n) is 2.76. The lowest BCUT2D eigenvalue weighted by Crippen LogP contribution is -2.19. The highest BCUT2D eigenvalue weighted by molar-refractivity contribution is 5.22. The van der Waals surface area contributed by atoms with Crippen LogP contribution in [0.5, 0.6) is 0 Å². The summed E-state index contributed by atoms with van der Waals surface area (Å²) in [5.41, 5.74) is 3.62. The number of hydrogen-bond donors (Lipinski definition) is 0. The average molecular weight is 203 g/mol. The van der Waals surface area contributed by atoms with E-state index in [2.05, 4.69) is 39.3 Å². The Bertz CT molecular complexity index is 283. The normalized spacial score (nSPS) is 32.3. The second kappa shape index (κ2) is 4.15. The summed E-state index contributed by atoms with van der Waals surface area (Å²) in [5.74, 6) is 0.832. The minimum atomic E-state index is 0.426. The molecule has 83 valence electrons. The molecule has 1 fully saturated rings. The fraction of sp³-hybridized carbons (Fsp3) is 0.667. The van der Waals surface area contributed by atoms with Crippen LogP contribution in [0.3, 0.4) is 0 Å². The quantitative estimate of drug-likeness (QED) is 0.571. The van der Waals surface area contributed by atoms with E-state index in [1.807, 2.05) is 0 Å². The maximum atomic E-state index is 2.49. The standard InChI is InChI=1S/C15H23/c1-12-8-10-14(15(12,2)3)11-9-13-6-4-5-7-13/h6,8-9,14H,4-5,7,10-11H2,1-3H3/b13-9+. The van der Waals surface area contributed by atoms with Gasteiger partial charge in [-0.3, -0.25) is 0 Å². The van der Waals surface area contributed by atoms with E-state index in [9.17, 15) is 0 Å². The largest absolute Gasteiger partial charge is 0.0847 e. The summed E-state index contributed by atoms with van der Waals surface area (Å²) >= 11 is 0. The van der Waals surface area contributed by atoms with Crippen LogP contribution in [0.2, 0.25) is 0 Å². The van der Waals surface area contributed by atoms with Gasteiger partial charge in [-0.2, -0.15) is 0 Å². The predicted octanol–water partition coefficient (Wildman–Crippen LogP) is 4.68. The number of allylic oxidation sites excluding steroid dienone is 4. The van der Waals surface area contributed by atoms with Gasteiger partial charge in [-0.25, -0.2) is 0 Å². The molecular weight excluding hydrogens is 180 g/mol. The summed E-state index contributed by atoms with van der Waals surface area (Å²) < 4.78 is 0. The molecule has 0 aromatic heterocycles. The number of hydrogen-bond acceptors (Lipinski definition) is 0. The highest BCUT2D eigenvalue weighted by Crippen LogP contribution is 2.45. The van der Waals surface area contributed by atoms with Crippen LogP contribution in [-0.2, 0) is 0 Å². The molecule has 15 heavy (non-hydrogen) atoms. The van der Waals surface area contributed by atoms with Crippen LogP contribution in [0, 0.1) is 17.8 Å². The van der Waals surface area contributed by atoms with Gasteiger partial charge >= 0.3 is 0 Å². The van der Waals surface area contributed by atoms with Crippen molar-refractivity contribution in [3.05, 3.63) is 29.7 Å². The van der Waals surface area contributed by atoms with Crippen molar-refractivity contribution in [1.82, 2.24) is 0 Å². The third kappa shape index (κ3) is 2.19. The summed E-state index contributed by atoms with van der Waals surface area (Å²) in [4.78, 5) is 0. The van der Waals surface area contributed by atoms with Gasteiger partial charge in [0, 0.05) is 0 Å². The highest BCUT2D eigenvalue weighted by Gasteiger charge is 2.33. The Morgan fingerprint density at radius 2 is 2.27 bits per heavy atom. The molecule has 0 heteroatoms. The first kappa shape index (κ1) is 11.0. The molecule has 0 bridgehead atoms. The number of rotatable bonds is 2. The lowest BCUT2D eigenvalue weighted by Gasteiger charge is -2.29. The van der Waals surface area contributed by atoms with Crippen LogP contribution in [0.4, 0.5) is 0 Å². The summed E-state index contributed by atoms with van der Waals surface area (Å²) in [5, 5.41) is 0. The first-order valence-corrected chi connectivity index (χ1v) is 6.30. The molecule has 0 saturated heterocycles. The molecule has 0 aliphatic heterocycles. The summed E-state index contributed by atoms with van der Waals surface area (Å²) in [6, 6.07) is 0. The fourth-order valence-corrected chi connectivity index (χ4v) is 2.76. The summed E-state index contributed by atoms with van der Waals surface area (Å²) in [6.45, 7) is 7.08. The Balaban J connectivity index is 1.94. The van der Waals surface area contributed by atoms with Crippen molar-refractivity contribution in [1.29, 1.82) is 0 Å². The minimum Gasteiger partial charge on any atom is -0.0847 e. The van der Waals surface area contributed by atoms with E-state index >= 15 is 0 Å². The average Bonchev–Trinajstić information content (AvgIpc) is 2.76. The third-order valence-electron chi connectivity index (χ3n) is 4.49. The lowest BCUT2D eigenvalue weighted by molar-refractivity contribution is 0.294. The molecular formula is C15H23. The van der Waals surface area contributed by atoms with E-state index in [0.717, 1.165) is 5.92 Å². The first-order chi connectivity index (χ1) is 7.10. The van der Waals surface area contributed by atoms with Gasteiger partial charge in [0.05, 0.1) is 0 Å². The maximum Gasteiger partial charge on any atom is -0.0113 e. The van der Waals surface area contributed by atoms with Crippen molar-refractivity contribution < 1.29 is 0 Å². The van der Waals surface area contributed by atoms with Gasteiger partial charge in [0.25, 0.3) is 0 Å². The monoisotopic (exact) mass is 203 g/mol. The van der Waals surface area contributed by atoms with Gasteiger partial charge in [0.2, 0.25) is 0 Å². The van der Waals surface area contributed by atoms with Crippen molar-refractivity contribution in [3.63, 3.8) is 0 Å². The molecule has 0 aromatic carbocycles. The van der Waals surface area contributed by atoms with Gasteiger partial charge in [-0.15, -0.1) is 0 Å². The first-order valence-electron chi connectivity index (χ1n) is 6.30. The Labute approximate surface area is 94.5 Å². The second-order valence-electron chi connectivity index (χ2n) is 5.65. The van der Waals surface area contributed by atoms with Crippen molar-refractivity contribution in [2.45, 2.75) is 52.9 Å². The SMILES string of the molecule is CC1=CCC(C/C=C2\[CH]CCC2)C1(C)C. The molecule has 0 aromatic rings. The van der Waals surface area contributed by atoms with Gasteiger partial charge in [-0.05, 0) is 56.8 Å². The molecule has 1 radical (unpaired) electrons. The molecule has 0 amide bonds. The Kier molecular flexibility index (Phi) is 3.04. The van der Waals surface area contributed by atoms with Crippen LogP contribution in [0.15, 0.2) is 23.3 Å². The molecule has 0 spiro atoms. The van der Waals surface area contributed by atoms with Crippen LogP contribution in [0.25, 0.3) is 0 Å². The smallest absolute Gasteiger partial charge is 0.0113 e. The second-order valence-corrected chi connectivity index (χ2v) is 5.65. The molecule has 0 nitrogen and oxygen atoms in total. The van der Waals surface area contributed by atoms with E-state index in [1.165, 1.54) is 32.1 Å². The van der Waals surface area contributed by atoms with E-state index < -0.39 is 0 Å². The van der Waals surface area contributed by atoms with E-state index in [-0.39, 0.29) is 0 Å². The van der Waals surface area contributed by atoms with E-state index in [1.54, 1.807) is 11.1 Å². The van der Waals surface area contributed by atoms with Crippen LogP contribution < -0.4 is 0 Å². The van der Waals surface area contributed by atoms with Crippen LogP contribution >= 0.6 is 0 Å². The van der Waals surface area contributed by atoms with Crippen molar-refractivity contribution in [2.24, 2.45) is 11.3 Å². The third-order valence-corrected chi connectivity index (χ3v) is 4.49. The maximum absolute atomic E-state index is 2.49. The molecule has 2 aliphatic rings. The Morgan fingerprint density at radius 3 is 2.80 bits per heavy atom. The van der Waals surface area contributed by atoms with Crippen LogP contribution in [0.1, 0.15) is 52.9 Å². The molecule has 0 N–H and O–H groups in total. The molecule has 2 aliphatic carbocycles. The predicted molar refractivity (Wildman–Crippen MR) is 66.5 cm³/mol. The van der Waals surface area contributed by atoms with Crippen LogP contribution in [-0.4, -0.2) is 0 Å². The zero-order valence-corrected chi connectivity index (χ0v) is 10.3. The Hall–Kier alpha value is -0.520. The van der Waals surface area contributed by atoms with Crippen molar-refractivity contribution in [2.75, 3.05) is 0 Å². The van der Waals surface area contributed by atoms with Gasteiger partial charge in [-0.1, -0.05) is 37.1 Å². The van der Waals surface area contributed by atoms with Crippen molar-refractivity contribution >= 4 is 0 Å². The summed E-state index contributed by atoms with van der Waals surface area (Å²) in [6.07, 6.45) is 13.9. The lowest BCUT2D eigenvalue weighted by atomic mass is 9.76. The Morgan fingerprint density at radius 1 is 1.47 bits per heavy atom. The topological polar surface area (TPSA) is 0 Å². The molecule has 0 heterocycles. The summed E-state index contributed by atoms with van der Waals surface area (Å²) in [7, 11) is 0. The molecule has 2 rings (SSSR count). The highest BCUT2D eigenvalue weighted by atomic mass is 14.4. The zero-order chi connectivity index (χ0) is 10.9. The van der Waals surface area contributed by atoms with E-state index in [4.69, 9.17) is 0 Å². The van der Waals surface area contributed by atoms with Crippen molar-refractivity contribution in [3.8, 4) is 0 Å². The van der Waals surface area contributed by atoms with Gasteiger partial charge < -0.3 is 0 Å². The molecule has 1 atom stereocenters. The minimum absolute atomic E-state index is 0.426.